The van der Waals surface area contributed by atoms with E-state index in [9.17, 15) is 9.90 Å². The van der Waals surface area contributed by atoms with Gasteiger partial charge in [-0.25, -0.2) is 0 Å². The van der Waals surface area contributed by atoms with Crippen LogP contribution in [0.5, 0.6) is 5.75 Å². The molecule has 4 nitrogen and oxygen atoms in total. The third-order valence-electron chi connectivity index (χ3n) is 3.29. The number of benzene rings is 1. The van der Waals surface area contributed by atoms with Gasteiger partial charge < -0.3 is 15.7 Å². The van der Waals surface area contributed by atoms with E-state index in [1.165, 1.54) is 6.07 Å². The number of phenolic OH excluding ortho intramolecular Hbond substituents is 1. The van der Waals surface area contributed by atoms with Crippen molar-refractivity contribution in [2.24, 2.45) is 5.73 Å². The number of nitrogens with zero attached hydrogens (tertiary/aromatic N) is 1. The molecule has 1 atom stereocenters. The van der Waals surface area contributed by atoms with Gasteiger partial charge in [-0.05, 0) is 31.4 Å². The molecule has 3 N–H and O–H groups in total. The van der Waals surface area contributed by atoms with Gasteiger partial charge in [0.25, 0.3) is 5.91 Å². The van der Waals surface area contributed by atoms with E-state index in [0.29, 0.717) is 12.1 Å². The Kier molecular flexibility index (Phi) is 3.64. The van der Waals surface area contributed by atoms with Gasteiger partial charge in [0.05, 0.1) is 5.56 Å². The summed E-state index contributed by atoms with van der Waals surface area (Å²) in [5, 5.41) is 9.69. The maximum atomic E-state index is 12.3. The second kappa shape index (κ2) is 5.19. The lowest BCUT2D eigenvalue weighted by Crippen LogP contribution is -2.47. The van der Waals surface area contributed by atoms with Gasteiger partial charge in [-0.2, -0.15) is 0 Å². The van der Waals surface area contributed by atoms with Crippen LogP contribution in [0.15, 0.2) is 24.3 Å². The predicted molar refractivity (Wildman–Crippen MR) is 65.8 cm³/mol. The fraction of sp³-hybridized carbons (Fsp3) is 0.462. The second-order valence-corrected chi connectivity index (χ2v) is 4.40. The number of hydrogen-bond acceptors (Lipinski definition) is 3. The number of para-hydroxylation sites is 1. The zero-order chi connectivity index (χ0) is 12.3. The van der Waals surface area contributed by atoms with Crippen molar-refractivity contribution in [1.82, 2.24) is 4.90 Å². The van der Waals surface area contributed by atoms with Crippen LogP contribution in [0.1, 0.15) is 29.6 Å². The first kappa shape index (κ1) is 11.9. The summed E-state index contributed by atoms with van der Waals surface area (Å²) in [6, 6.07) is 6.77. The van der Waals surface area contributed by atoms with Crippen LogP contribution in [0.4, 0.5) is 0 Å². The van der Waals surface area contributed by atoms with E-state index in [-0.39, 0.29) is 17.7 Å². The summed E-state index contributed by atoms with van der Waals surface area (Å²) < 4.78 is 0. The van der Waals surface area contributed by atoms with E-state index in [2.05, 4.69) is 0 Å². The molecule has 0 radical (unpaired) electrons. The van der Waals surface area contributed by atoms with Crippen LogP contribution in [-0.4, -0.2) is 35.0 Å². The summed E-state index contributed by atoms with van der Waals surface area (Å²) in [4.78, 5) is 14.1. The van der Waals surface area contributed by atoms with Gasteiger partial charge in [0.1, 0.15) is 5.75 Å². The first-order valence-corrected chi connectivity index (χ1v) is 6.03. The number of carbonyl (C=O) groups is 1. The highest BCUT2D eigenvalue weighted by Crippen LogP contribution is 2.23. The lowest BCUT2D eigenvalue weighted by Gasteiger charge is -2.35. The maximum absolute atomic E-state index is 12.3. The number of rotatable bonds is 2. The van der Waals surface area contributed by atoms with Crippen molar-refractivity contribution >= 4 is 5.91 Å². The van der Waals surface area contributed by atoms with E-state index in [1.807, 2.05) is 0 Å². The fourth-order valence-electron chi connectivity index (χ4n) is 2.32. The van der Waals surface area contributed by atoms with Crippen molar-refractivity contribution in [2.75, 3.05) is 13.1 Å². The Hall–Kier alpha value is -1.55. The van der Waals surface area contributed by atoms with Gasteiger partial charge in [-0.1, -0.05) is 12.1 Å². The average Bonchev–Trinajstić information content (AvgIpc) is 2.38. The van der Waals surface area contributed by atoms with Crippen molar-refractivity contribution in [3.05, 3.63) is 29.8 Å². The second-order valence-electron chi connectivity index (χ2n) is 4.40. The topological polar surface area (TPSA) is 66.6 Å². The highest BCUT2D eigenvalue weighted by molar-refractivity contribution is 5.97. The Morgan fingerprint density at radius 3 is 2.88 bits per heavy atom. The number of hydrogen-bond donors (Lipinski definition) is 2. The molecule has 2 rings (SSSR count). The molecule has 1 aliphatic rings. The third kappa shape index (κ3) is 2.42. The Balaban J connectivity index is 2.21. The van der Waals surface area contributed by atoms with E-state index < -0.39 is 0 Å². The number of nitrogens with two attached hydrogens (primary N) is 1. The molecule has 92 valence electrons. The van der Waals surface area contributed by atoms with E-state index in [0.717, 1.165) is 25.8 Å². The van der Waals surface area contributed by atoms with Crippen LogP contribution in [0.25, 0.3) is 0 Å². The minimum absolute atomic E-state index is 0.0406. The largest absolute Gasteiger partial charge is 0.507 e. The smallest absolute Gasteiger partial charge is 0.257 e. The molecule has 0 spiro atoms. The van der Waals surface area contributed by atoms with E-state index >= 15 is 0 Å². The van der Waals surface area contributed by atoms with Gasteiger partial charge in [-0.3, -0.25) is 4.79 Å². The number of likely N-dealkylation sites (tertiary alicyclic amines) is 1. The van der Waals surface area contributed by atoms with Gasteiger partial charge in [0.2, 0.25) is 0 Å². The summed E-state index contributed by atoms with van der Waals surface area (Å²) >= 11 is 0. The number of carbonyl (C=O) groups excluding carboxylic acids is 1. The lowest BCUT2D eigenvalue weighted by molar-refractivity contribution is 0.0620. The van der Waals surface area contributed by atoms with Crippen LogP contribution in [0.3, 0.4) is 0 Å². The summed E-state index contributed by atoms with van der Waals surface area (Å²) in [7, 11) is 0. The maximum Gasteiger partial charge on any atom is 0.257 e. The molecule has 1 saturated heterocycles. The third-order valence-corrected chi connectivity index (χ3v) is 3.29. The van der Waals surface area contributed by atoms with Crippen LogP contribution < -0.4 is 5.73 Å². The quantitative estimate of drug-likeness (QED) is 0.811. The summed E-state index contributed by atoms with van der Waals surface area (Å²) in [5.74, 6) is -0.0721. The minimum Gasteiger partial charge on any atom is -0.507 e. The number of piperidine rings is 1. The molecule has 0 aliphatic carbocycles. The molecule has 1 aromatic carbocycles. The summed E-state index contributed by atoms with van der Waals surface area (Å²) in [5.41, 5.74) is 6.06. The molecule has 1 heterocycles. The van der Waals surface area contributed by atoms with Crippen molar-refractivity contribution in [2.45, 2.75) is 25.3 Å². The molecule has 1 fully saturated rings. The van der Waals surface area contributed by atoms with Crippen molar-refractivity contribution < 1.29 is 9.90 Å². The van der Waals surface area contributed by atoms with Crippen molar-refractivity contribution in [1.29, 1.82) is 0 Å². The van der Waals surface area contributed by atoms with Gasteiger partial charge in [0.15, 0.2) is 0 Å². The fourth-order valence-corrected chi connectivity index (χ4v) is 2.32. The Morgan fingerprint density at radius 2 is 2.18 bits per heavy atom. The summed E-state index contributed by atoms with van der Waals surface area (Å²) in [6.07, 6.45) is 3.08. The molecular weight excluding hydrogens is 216 g/mol. The lowest BCUT2D eigenvalue weighted by atomic mass is 10.0. The molecular formula is C13H18N2O2. The van der Waals surface area contributed by atoms with Crippen LogP contribution in [0.2, 0.25) is 0 Å². The SMILES string of the molecule is NCC1CCCCN1C(=O)c1ccccc1O. The number of aromatic hydroxyl groups is 1. The van der Waals surface area contributed by atoms with Crippen molar-refractivity contribution in [3.63, 3.8) is 0 Å². The Bertz CT molecular complexity index is 406. The van der Waals surface area contributed by atoms with Gasteiger partial charge in [-0.15, -0.1) is 0 Å². The monoisotopic (exact) mass is 234 g/mol. The molecule has 1 amide bonds. The molecule has 1 unspecified atom stereocenters. The molecule has 4 heteroatoms. The average molecular weight is 234 g/mol. The molecule has 0 bridgehead atoms. The normalized spacial score (nSPS) is 20.3. The first-order valence-electron chi connectivity index (χ1n) is 6.03. The van der Waals surface area contributed by atoms with Crippen molar-refractivity contribution in [3.8, 4) is 5.75 Å². The highest BCUT2D eigenvalue weighted by Gasteiger charge is 2.27. The van der Waals surface area contributed by atoms with Crippen LogP contribution in [-0.2, 0) is 0 Å². The molecule has 17 heavy (non-hydrogen) atoms. The van der Waals surface area contributed by atoms with Crippen LogP contribution >= 0.6 is 0 Å². The van der Waals surface area contributed by atoms with Gasteiger partial charge in [0, 0.05) is 19.1 Å². The Labute approximate surface area is 101 Å². The molecule has 1 aliphatic heterocycles. The number of amides is 1. The number of phenols is 1. The zero-order valence-electron chi connectivity index (χ0n) is 9.80. The van der Waals surface area contributed by atoms with E-state index in [4.69, 9.17) is 5.73 Å². The minimum atomic E-state index is -0.113. The standard InChI is InChI=1S/C13H18N2O2/c14-9-10-5-3-4-8-15(10)13(17)11-6-1-2-7-12(11)16/h1-2,6-7,10,16H,3-5,8-9,14H2. The zero-order valence-corrected chi connectivity index (χ0v) is 9.80. The Morgan fingerprint density at radius 1 is 1.41 bits per heavy atom. The predicted octanol–water partition coefficient (Wildman–Crippen LogP) is 1.35. The first-order chi connectivity index (χ1) is 8.24. The molecule has 1 aromatic rings. The van der Waals surface area contributed by atoms with Gasteiger partial charge >= 0.3 is 0 Å². The highest BCUT2D eigenvalue weighted by atomic mass is 16.3. The van der Waals surface area contributed by atoms with E-state index in [1.54, 1.807) is 23.1 Å². The molecule has 0 aromatic heterocycles. The summed E-state index contributed by atoms with van der Waals surface area (Å²) in [6.45, 7) is 1.22. The molecule has 0 saturated carbocycles. The van der Waals surface area contributed by atoms with Crippen LogP contribution in [0, 0.1) is 0 Å².